The molecule has 1 aromatic rings. The predicted octanol–water partition coefficient (Wildman–Crippen LogP) is 3.06. The fraction of sp³-hybridized carbons (Fsp3) is 0.600. The topological polar surface area (TPSA) is 66.4 Å². The van der Waals surface area contributed by atoms with Gasteiger partial charge in [0.25, 0.3) is 0 Å². The van der Waals surface area contributed by atoms with Crippen molar-refractivity contribution in [3.8, 4) is 0 Å². The Morgan fingerprint density at radius 3 is 2.70 bits per heavy atom. The van der Waals surface area contributed by atoms with E-state index in [-0.39, 0.29) is 11.9 Å². The van der Waals surface area contributed by atoms with Gasteiger partial charge in [-0.25, -0.2) is 0 Å². The largest absolute Gasteiger partial charge is 0.481 e. The Kier molecular flexibility index (Phi) is 4.81. The van der Waals surface area contributed by atoms with Crippen LogP contribution in [0.15, 0.2) is 16.8 Å². The highest BCUT2D eigenvalue weighted by Gasteiger charge is 2.42. The fourth-order valence-corrected chi connectivity index (χ4v) is 3.72. The number of carboxylic acid groups (broad SMARTS) is 1. The first kappa shape index (κ1) is 15.0. The molecule has 5 heteroatoms. The Balaban J connectivity index is 2.02. The summed E-state index contributed by atoms with van der Waals surface area (Å²) in [6.07, 6.45) is 2.25. The van der Waals surface area contributed by atoms with E-state index in [1.54, 1.807) is 11.3 Å². The number of nitrogens with one attached hydrogen (secondary N) is 1. The second-order valence-electron chi connectivity index (χ2n) is 5.58. The maximum Gasteiger partial charge on any atom is 0.307 e. The molecule has 20 heavy (non-hydrogen) atoms. The standard InChI is InChI=1S/C15H21NO3S/c1-3-10-6-12(13(7-10)15(18)19)14(17)16-9(2)11-4-5-20-8-11/h4-5,8-10,12-13H,3,6-7H2,1-2H3,(H,16,17)(H,18,19). The van der Waals surface area contributed by atoms with Crippen LogP contribution in [0, 0.1) is 17.8 Å². The van der Waals surface area contributed by atoms with Gasteiger partial charge in [0, 0.05) is 0 Å². The van der Waals surface area contributed by atoms with Crippen molar-refractivity contribution in [3.63, 3.8) is 0 Å². The average molecular weight is 295 g/mol. The molecule has 0 spiro atoms. The monoisotopic (exact) mass is 295 g/mol. The van der Waals surface area contributed by atoms with Crippen molar-refractivity contribution < 1.29 is 14.7 Å². The Hall–Kier alpha value is -1.36. The lowest BCUT2D eigenvalue weighted by Crippen LogP contribution is -2.36. The van der Waals surface area contributed by atoms with Gasteiger partial charge >= 0.3 is 5.97 Å². The average Bonchev–Trinajstić information content (AvgIpc) is 3.07. The maximum absolute atomic E-state index is 12.4. The zero-order valence-electron chi connectivity index (χ0n) is 11.8. The highest BCUT2D eigenvalue weighted by atomic mass is 32.1. The first-order valence-corrected chi connectivity index (χ1v) is 8.02. The summed E-state index contributed by atoms with van der Waals surface area (Å²) >= 11 is 1.59. The molecule has 1 heterocycles. The van der Waals surface area contributed by atoms with Crippen molar-refractivity contribution in [3.05, 3.63) is 22.4 Å². The van der Waals surface area contributed by atoms with Gasteiger partial charge in [-0.2, -0.15) is 11.3 Å². The molecule has 0 bridgehead atoms. The van der Waals surface area contributed by atoms with E-state index in [0.29, 0.717) is 18.8 Å². The first-order valence-electron chi connectivity index (χ1n) is 7.08. The summed E-state index contributed by atoms with van der Waals surface area (Å²) in [5.74, 6) is -1.53. The van der Waals surface area contributed by atoms with Crippen molar-refractivity contribution in [1.82, 2.24) is 5.32 Å². The summed E-state index contributed by atoms with van der Waals surface area (Å²) in [5.41, 5.74) is 1.07. The molecule has 1 aliphatic rings. The third-order valence-electron chi connectivity index (χ3n) is 4.29. The van der Waals surface area contributed by atoms with Crippen LogP contribution in [0.5, 0.6) is 0 Å². The second-order valence-corrected chi connectivity index (χ2v) is 6.36. The number of hydrogen-bond donors (Lipinski definition) is 2. The van der Waals surface area contributed by atoms with Crippen molar-refractivity contribution in [1.29, 1.82) is 0 Å². The third kappa shape index (κ3) is 3.20. The lowest BCUT2D eigenvalue weighted by molar-refractivity contribution is -0.146. The van der Waals surface area contributed by atoms with Crippen LogP contribution in [-0.2, 0) is 9.59 Å². The summed E-state index contributed by atoms with van der Waals surface area (Å²) in [4.78, 5) is 23.7. The van der Waals surface area contributed by atoms with Crippen LogP contribution in [0.1, 0.15) is 44.7 Å². The maximum atomic E-state index is 12.4. The molecule has 1 aromatic heterocycles. The summed E-state index contributed by atoms with van der Waals surface area (Å²) in [6, 6.07) is 1.91. The van der Waals surface area contributed by atoms with E-state index in [2.05, 4.69) is 12.2 Å². The van der Waals surface area contributed by atoms with Gasteiger partial charge in [-0.1, -0.05) is 13.3 Å². The second kappa shape index (κ2) is 6.39. The van der Waals surface area contributed by atoms with E-state index < -0.39 is 17.8 Å². The summed E-state index contributed by atoms with van der Waals surface area (Å²) in [7, 11) is 0. The number of carbonyl (C=O) groups excluding carboxylic acids is 1. The first-order chi connectivity index (χ1) is 9.52. The van der Waals surface area contributed by atoms with Crippen LogP contribution in [0.3, 0.4) is 0 Å². The lowest BCUT2D eigenvalue weighted by atomic mass is 9.95. The number of aliphatic carboxylic acids is 1. The molecule has 1 fully saturated rings. The molecule has 110 valence electrons. The van der Waals surface area contributed by atoms with Crippen LogP contribution >= 0.6 is 11.3 Å². The molecule has 0 saturated heterocycles. The Morgan fingerprint density at radius 1 is 1.45 bits per heavy atom. The van der Waals surface area contributed by atoms with Crippen molar-refractivity contribution >= 4 is 23.2 Å². The van der Waals surface area contributed by atoms with Gasteiger partial charge in [0.15, 0.2) is 0 Å². The minimum atomic E-state index is -0.843. The van der Waals surface area contributed by atoms with Crippen LogP contribution < -0.4 is 5.32 Å². The summed E-state index contributed by atoms with van der Waals surface area (Å²) < 4.78 is 0. The van der Waals surface area contributed by atoms with Crippen LogP contribution in [0.4, 0.5) is 0 Å². The molecule has 1 amide bonds. The fourth-order valence-electron chi connectivity index (χ4n) is 2.96. The molecule has 1 saturated carbocycles. The normalized spacial score (nSPS) is 27.2. The van der Waals surface area contributed by atoms with Crippen LogP contribution in [-0.4, -0.2) is 17.0 Å². The molecule has 0 aliphatic heterocycles. The van der Waals surface area contributed by atoms with Crippen molar-refractivity contribution in [2.75, 3.05) is 0 Å². The van der Waals surface area contributed by atoms with Crippen LogP contribution in [0.25, 0.3) is 0 Å². The minimum Gasteiger partial charge on any atom is -0.481 e. The Morgan fingerprint density at radius 2 is 2.15 bits per heavy atom. The third-order valence-corrected chi connectivity index (χ3v) is 4.99. The Labute approximate surface area is 123 Å². The predicted molar refractivity (Wildman–Crippen MR) is 78.5 cm³/mol. The van der Waals surface area contributed by atoms with Gasteiger partial charge in [-0.3, -0.25) is 9.59 Å². The number of amides is 1. The van der Waals surface area contributed by atoms with Crippen LogP contribution in [0.2, 0.25) is 0 Å². The summed E-state index contributed by atoms with van der Waals surface area (Å²) in [6.45, 7) is 3.99. The van der Waals surface area contributed by atoms with Gasteiger partial charge in [-0.05, 0) is 48.1 Å². The molecular weight excluding hydrogens is 274 g/mol. The van der Waals surface area contributed by atoms with E-state index in [4.69, 9.17) is 0 Å². The van der Waals surface area contributed by atoms with Gasteiger partial charge in [0.05, 0.1) is 17.9 Å². The highest BCUT2D eigenvalue weighted by molar-refractivity contribution is 7.07. The molecule has 4 nitrogen and oxygen atoms in total. The molecule has 2 rings (SSSR count). The number of thiophene rings is 1. The molecule has 4 atom stereocenters. The Bertz CT molecular complexity index is 471. The number of hydrogen-bond acceptors (Lipinski definition) is 3. The molecule has 0 radical (unpaired) electrons. The van der Waals surface area contributed by atoms with Gasteiger partial charge in [-0.15, -0.1) is 0 Å². The van der Waals surface area contributed by atoms with Crippen molar-refractivity contribution in [2.45, 2.75) is 39.2 Å². The van der Waals surface area contributed by atoms with E-state index in [0.717, 1.165) is 12.0 Å². The van der Waals surface area contributed by atoms with E-state index in [1.807, 2.05) is 23.8 Å². The smallest absolute Gasteiger partial charge is 0.307 e. The lowest BCUT2D eigenvalue weighted by Gasteiger charge is -2.19. The van der Waals surface area contributed by atoms with E-state index in [1.165, 1.54) is 0 Å². The molecule has 4 unspecified atom stereocenters. The van der Waals surface area contributed by atoms with Gasteiger partial charge < -0.3 is 10.4 Å². The van der Waals surface area contributed by atoms with E-state index in [9.17, 15) is 14.7 Å². The quantitative estimate of drug-likeness (QED) is 0.877. The molecule has 2 N–H and O–H groups in total. The van der Waals surface area contributed by atoms with Crippen molar-refractivity contribution in [2.24, 2.45) is 17.8 Å². The zero-order valence-corrected chi connectivity index (χ0v) is 12.7. The number of carboxylic acids is 1. The SMILES string of the molecule is CCC1CC(C(=O)O)C(C(=O)NC(C)c2ccsc2)C1. The summed E-state index contributed by atoms with van der Waals surface area (Å²) in [5, 5.41) is 16.2. The van der Waals surface area contributed by atoms with E-state index >= 15 is 0 Å². The number of rotatable bonds is 5. The van der Waals surface area contributed by atoms with Gasteiger partial charge in [0.2, 0.25) is 5.91 Å². The minimum absolute atomic E-state index is 0.0659. The molecule has 1 aliphatic carbocycles. The number of carbonyl (C=O) groups is 2. The highest BCUT2D eigenvalue weighted by Crippen LogP contribution is 2.38. The zero-order chi connectivity index (χ0) is 14.7. The van der Waals surface area contributed by atoms with Gasteiger partial charge in [0.1, 0.15) is 0 Å². The molecular formula is C15H21NO3S. The molecule has 0 aromatic carbocycles.